The van der Waals surface area contributed by atoms with Gasteiger partial charge in [-0.3, -0.25) is 24.0 Å². The number of thioether (sulfide) groups is 1. The van der Waals surface area contributed by atoms with Crippen molar-refractivity contribution in [2.45, 2.75) is 72.7 Å². The number of benzene rings is 1. The Hall–Kier alpha value is -4.42. The van der Waals surface area contributed by atoms with Crippen molar-refractivity contribution in [2.75, 3.05) is 6.26 Å². The third-order valence-electron chi connectivity index (χ3n) is 8.99. The van der Waals surface area contributed by atoms with E-state index >= 15 is 0 Å². The summed E-state index contributed by atoms with van der Waals surface area (Å²) < 4.78 is 0. The van der Waals surface area contributed by atoms with Crippen molar-refractivity contribution < 1.29 is 44.4 Å². The molecule has 0 aromatic heterocycles. The molecule has 11 heteroatoms. The van der Waals surface area contributed by atoms with Crippen LogP contribution in [0.3, 0.4) is 0 Å². The quantitative estimate of drug-likeness (QED) is 0.236. The van der Waals surface area contributed by atoms with E-state index in [1.165, 1.54) is 44.2 Å². The zero-order valence-electron chi connectivity index (χ0n) is 30.0. The van der Waals surface area contributed by atoms with Crippen molar-refractivity contribution in [3.8, 4) is 5.75 Å². The summed E-state index contributed by atoms with van der Waals surface area (Å²) >= 11 is 0.921. The first-order valence-electron chi connectivity index (χ1n) is 16.7. The molecule has 1 aliphatic carbocycles. The van der Waals surface area contributed by atoms with Gasteiger partial charge >= 0.3 is 0 Å². The van der Waals surface area contributed by atoms with Gasteiger partial charge in [-0.05, 0) is 56.2 Å². The Bertz CT molecular complexity index is 1790. The van der Waals surface area contributed by atoms with Crippen molar-refractivity contribution in [1.29, 1.82) is 0 Å². The molecule has 51 heavy (non-hydrogen) atoms. The topological polar surface area (TPSA) is 178 Å². The first-order chi connectivity index (χ1) is 24.0. The largest absolute Gasteiger partial charge is 0.507 e. The molecule has 0 unspecified atom stereocenters. The van der Waals surface area contributed by atoms with Crippen molar-refractivity contribution in [3.63, 3.8) is 0 Å². The molecule has 4 bridgehead atoms. The maximum Gasteiger partial charge on any atom is 0.248 e. The van der Waals surface area contributed by atoms with Gasteiger partial charge in [0.1, 0.15) is 11.4 Å². The van der Waals surface area contributed by atoms with Crippen LogP contribution in [-0.2, 0) is 9.59 Å². The molecule has 4 rings (SSSR count). The summed E-state index contributed by atoms with van der Waals surface area (Å²) in [6, 6.07) is 1.32. The van der Waals surface area contributed by atoms with Crippen molar-refractivity contribution in [2.24, 2.45) is 17.8 Å². The number of fused-ring (bicyclic) bond motifs is 18. The van der Waals surface area contributed by atoms with E-state index in [0.29, 0.717) is 5.57 Å². The third-order valence-corrected chi connectivity index (χ3v) is 9.79. The molecule has 3 aliphatic rings. The number of amides is 1. The molecular weight excluding hydrogens is 671 g/mol. The highest BCUT2D eigenvalue weighted by Crippen LogP contribution is 2.39. The number of hydrogen-bond acceptors (Lipinski definition) is 10. The normalized spacial score (nSPS) is 26.4. The van der Waals surface area contributed by atoms with E-state index in [9.17, 15) is 44.4 Å². The lowest BCUT2D eigenvalue weighted by molar-refractivity contribution is -0.118. The molecule has 0 radical (unpaired) electrons. The average Bonchev–Trinajstić information content (AvgIpc) is 3.09. The van der Waals surface area contributed by atoms with Gasteiger partial charge in [0.05, 0.1) is 28.8 Å². The Morgan fingerprint density at radius 3 is 2.10 bits per heavy atom. The summed E-state index contributed by atoms with van der Waals surface area (Å²) in [6.07, 6.45) is 14.1. The second-order valence-electron chi connectivity index (χ2n) is 13.0. The molecule has 272 valence electrons. The molecule has 6 atom stereocenters. The summed E-state index contributed by atoms with van der Waals surface area (Å²) in [5.41, 5.74) is -0.271. The minimum Gasteiger partial charge on any atom is -0.507 e. The number of phenols is 1. The molecule has 0 saturated carbocycles. The monoisotopic (exact) mass is 717 g/mol. The SMILES string of the molecule is CSC1=C2NC(=O)C=CC=CC=C[C@H](C)[C@@H](O)CC(=O)C(C)=CC[C@H](O)C=C[C@H](C)[C@H](O)[C@@H](C)C=C(C)C(=O)c3c(O)c(C)cc(c3C1=O)C2=O. The van der Waals surface area contributed by atoms with Gasteiger partial charge in [-0.2, -0.15) is 0 Å². The first-order valence-corrected chi connectivity index (χ1v) is 17.9. The van der Waals surface area contributed by atoms with Gasteiger partial charge in [0.15, 0.2) is 11.6 Å². The lowest BCUT2D eigenvalue weighted by Crippen LogP contribution is -2.33. The molecule has 1 aromatic rings. The number of aliphatic hydroxyl groups excluding tert-OH is 3. The van der Waals surface area contributed by atoms with Crippen LogP contribution >= 0.6 is 11.8 Å². The number of aryl methyl sites for hydroxylation is 1. The van der Waals surface area contributed by atoms with Crippen LogP contribution in [0.15, 0.2) is 88.6 Å². The predicted octanol–water partition coefficient (Wildman–Crippen LogP) is 5.42. The van der Waals surface area contributed by atoms with Crippen molar-refractivity contribution in [3.05, 3.63) is 111 Å². The Balaban J connectivity index is 2.08. The number of carbonyl (C=O) groups excluding carboxylic acids is 5. The van der Waals surface area contributed by atoms with Gasteiger partial charge in [0.25, 0.3) is 0 Å². The molecule has 5 N–H and O–H groups in total. The number of nitrogens with one attached hydrogen (secondary N) is 1. The molecule has 0 fully saturated rings. The van der Waals surface area contributed by atoms with Crippen LogP contribution in [-0.4, -0.2) is 74.0 Å². The second kappa shape index (κ2) is 18.2. The standard InChI is InChI=1S/C40H47NO9S/c1-21-12-10-8-9-11-13-31(45)41-34-38(49)28-19-26(6)37(48)33(32(28)39(50)40(34)51-7)36(47)25(5)18-24(4)35(46)23(3)15-17-27(42)16-14-22(2)30(44)20-29(21)43/h8-15,17-19,21,23-24,27,29,35,42-43,46,48H,16,20H2,1-7H3,(H,41,45)/t21-,23-,24-,27-,29-,35-/m0/s1. The minimum absolute atomic E-state index is 0.0985. The summed E-state index contributed by atoms with van der Waals surface area (Å²) in [5.74, 6) is -4.91. The zero-order valence-corrected chi connectivity index (χ0v) is 30.8. The summed E-state index contributed by atoms with van der Waals surface area (Å²) in [5, 5.41) is 45.7. The third kappa shape index (κ3) is 10.1. The fourth-order valence-corrected chi connectivity index (χ4v) is 6.34. The van der Waals surface area contributed by atoms with E-state index < -0.39 is 59.2 Å². The lowest BCUT2D eigenvalue weighted by Gasteiger charge is -2.24. The Kier molecular flexibility index (Phi) is 14.6. The molecule has 1 amide bonds. The molecule has 0 saturated heterocycles. The maximum atomic E-state index is 13.9. The van der Waals surface area contributed by atoms with Crippen molar-refractivity contribution in [1.82, 2.24) is 5.32 Å². The number of allylic oxidation sites excluding steroid dienone is 8. The first kappa shape index (κ1) is 41.0. The second-order valence-corrected chi connectivity index (χ2v) is 13.9. The number of aromatic hydroxyl groups is 1. The zero-order chi connectivity index (χ0) is 38.2. The lowest BCUT2D eigenvalue weighted by atomic mass is 9.83. The van der Waals surface area contributed by atoms with Gasteiger partial charge in [-0.1, -0.05) is 75.5 Å². The van der Waals surface area contributed by atoms with Crippen LogP contribution in [0.5, 0.6) is 5.75 Å². The maximum absolute atomic E-state index is 13.9. The van der Waals surface area contributed by atoms with Gasteiger partial charge < -0.3 is 25.7 Å². The Labute approximate surface area is 303 Å². The fraction of sp³-hybridized carbons (Fsp3) is 0.375. The summed E-state index contributed by atoms with van der Waals surface area (Å²) in [4.78, 5) is 67.0. The Morgan fingerprint density at radius 1 is 0.765 bits per heavy atom. The number of hydrogen-bond donors (Lipinski definition) is 5. The smallest absolute Gasteiger partial charge is 0.248 e. The van der Waals surface area contributed by atoms with E-state index in [1.54, 1.807) is 70.4 Å². The van der Waals surface area contributed by atoms with Crippen molar-refractivity contribution >= 4 is 40.8 Å². The summed E-state index contributed by atoms with van der Waals surface area (Å²) in [6.45, 7) is 9.80. The van der Waals surface area contributed by atoms with Gasteiger partial charge in [0, 0.05) is 41.4 Å². The molecule has 1 aromatic carbocycles. The Morgan fingerprint density at radius 2 is 1.43 bits per heavy atom. The summed E-state index contributed by atoms with van der Waals surface area (Å²) in [7, 11) is 0. The fourth-order valence-electron chi connectivity index (χ4n) is 5.71. The minimum atomic E-state index is -0.992. The highest BCUT2D eigenvalue weighted by atomic mass is 32.2. The number of aliphatic hydroxyl groups is 3. The molecule has 0 spiro atoms. The number of Topliss-reactive ketones (excluding diaryl/α,β-unsaturated/α-hetero) is 4. The van der Waals surface area contributed by atoms with E-state index in [-0.39, 0.29) is 63.0 Å². The van der Waals surface area contributed by atoms with Gasteiger partial charge in [0.2, 0.25) is 17.5 Å². The van der Waals surface area contributed by atoms with E-state index in [0.717, 1.165) is 11.8 Å². The van der Waals surface area contributed by atoms with Crippen LogP contribution in [0.2, 0.25) is 0 Å². The number of ketones is 4. The van der Waals surface area contributed by atoms with E-state index in [2.05, 4.69) is 5.32 Å². The van der Waals surface area contributed by atoms with Crippen LogP contribution in [0, 0.1) is 24.7 Å². The predicted molar refractivity (Wildman–Crippen MR) is 198 cm³/mol. The highest BCUT2D eigenvalue weighted by Gasteiger charge is 2.38. The van der Waals surface area contributed by atoms with Crippen LogP contribution < -0.4 is 5.32 Å². The number of phenolic OH excluding ortho intramolecular Hbond substituents is 1. The molecule has 2 heterocycles. The number of carbonyl (C=O) groups is 5. The van der Waals surface area contributed by atoms with E-state index in [1.807, 2.05) is 0 Å². The van der Waals surface area contributed by atoms with Crippen LogP contribution in [0.25, 0.3) is 0 Å². The highest BCUT2D eigenvalue weighted by molar-refractivity contribution is 8.03. The number of rotatable bonds is 1. The van der Waals surface area contributed by atoms with Gasteiger partial charge in [-0.15, -0.1) is 11.8 Å². The van der Waals surface area contributed by atoms with Gasteiger partial charge in [-0.25, -0.2) is 0 Å². The van der Waals surface area contributed by atoms with E-state index in [4.69, 9.17) is 0 Å². The molecule has 2 aliphatic heterocycles. The average molecular weight is 718 g/mol. The van der Waals surface area contributed by atoms with Crippen LogP contribution in [0.1, 0.15) is 84.1 Å². The van der Waals surface area contributed by atoms with Crippen LogP contribution in [0.4, 0.5) is 0 Å². The molecular formula is C40H47NO9S. The molecule has 10 nitrogen and oxygen atoms in total.